The Morgan fingerprint density at radius 3 is 2.65 bits per heavy atom. The van der Waals surface area contributed by atoms with Crippen molar-refractivity contribution in [3.05, 3.63) is 29.8 Å². The van der Waals surface area contributed by atoms with Crippen molar-refractivity contribution in [3.63, 3.8) is 0 Å². The van der Waals surface area contributed by atoms with Crippen molar-refractivity contribution in [2.24, 2.45) is 5.73 Å². The SMILES string of the molecule is Cc1ccc(OCC(=O)NCCCCN)cc1. The molecule has 0 saturated heterocycles. The number of hydrogen-bond acceptors (Lipinski definition) is 3. The second-order valence-electron chi connectivity index (χ2n) is 3.95. The van der Waals surface area contributed by atoms with Crippen LogP contribution in [0.5, 0.6) is 5.75 Å². The van der Waals surface area contributed by atoms with Gasteiger partial charge in [-0.2, -0.15) is 0 Å². The number of unbranched alkanes of at least 4 members (excludes halogenated alkanes) is 1. The number of rotatable bonds is 7. The van der Waals surface area contributed by atoms with E-state index < -0.39 is 0 Å². The molecule has 0 unspecified atom stereocenters. The Morgan fingerprint density at radius 2 is 2.00 bits per heavy atom. The molecule has 0 fully saturated rings. The number of ether oxygens (including phenoxy) is 1. The van der Waals surface area contributed by atoms with Crippen molar-refractivity contribution in [3.8, 4) is 5.75 Å². The van der Waals surface area contributed by atoms with Crippen molar-refractivity contribution in [1.82, 2.24) is 5.32 Å². The maximum absolute atomic E-state index is 11.4. The molecule has 0 aliphatic rings. The minimum Gasteiger partial charge on any atom is -0.484 e. The molecule has 94 valence electrons. The van der Waals surface area contributed by atoms with Crippen LogP contribution in [0.1, 0.15) is 18.4 Å². The van der Waals surface area contributed by atoms with Gasteiger partial charge in [-0.1, -0.05) is 17.7 Å². The molecule has 0 atom stereocenters. The molecule has 4 heteroatoms. The summed E-state index contributed by atoms with van der Waals surface area (Å²) < 4.78 is 5.34. The Bertz CT molecular complexity index is 336. The molecule has 1 amide bonds. The predicted molar refractivity (Wildman–Crippen MR) is 68.0 cm³/mol. The first kappa shape index (κ1) is 13.5. The molecule has 0 spiro atoms. The summed E-state index contributed by atoms with van der Waals surface area (Å²) in [6.45, 7) is 3.39. The Labute approximate surface area is 102 Å². The van der Waals surface area contributed by atoms with Gasteiger partial charge in [0.05, 0.1) is 0 Å². The van der Waals surface area contributed by atoms with Crippen molar-refractivity contribution in [1.29, 1.82) is 0 Å². The number of benzene rings is 1. The third kappa shape index (κ3) is 5.92. The quantitative estimate of drug-likeness (QED) is 0.700. The molecule has 0 radical (unpaired) electrons. The first-order valence-electron chi connectivity index (χ1n) is 5.88. The lowest BCUT2D eigenvalue weighted by molar-refractivity contribution is -0.123. The molecule has 1 aromatic rings. The molecule has 3 N–H and O–H groups in total. The van der Waals surface area contributed by atoms with E-state index in [1.54, 1.807) is 0 Å². The molecule has 0 saturated carbocycles. The van der Waals surface area contributed by atoms with Crippen molar-refractivity contribution in [2.45, 2.75) is 19.8 Å². The van der Waals surface area contributed by atoms with E-state index in [-0.39, 0.29) is 12.5 Å². The van der Waals surface area contributed by atoms with Crippen LogP contribution in [-0.2, 0) is 4.79 Å². The van der Waals surface area contributed by atoms with Gasteiger partial charge < -0.3 is 15.8 Å². The van der Waals surface area contributed by atoms with Crippen LogP contribution in [0.2, 0.25) is 0 Å². The number of nitrogens with one attached hydrogen (secondary N) is 1. The predicted octanol–water partition coefficient (Wildman–Crippen LogP) is 1.23. The molecule has 17 heavy (non-hydrogen) atoms. The zero-order valence-corrected chi connectivity index (χ0v) is 10.2. The summed E-state index contributed by atoms with van der Waals surface area (Å²) >= 11 is 0. The van der Waals surface area contributed by atoms with Crippen LogP contribution in [-0.4, -0.2) is 25.6 Å². The molecular weight excluding hydrogens is 216 g/mol. The van der Waals surface area contributed by atoms with E-state index in [1.807, 2.05) is 31.2 Å². The van der Waals surface area contributed by atoms with E-state index in [2.05, 4.69) is 5.32 Å². The maximum atomic E-state index is 11.4. The lowest BCUT2D eigenvalue weighted by Crippen LogP contribution is -2.29. The van der Waals surface area contributed by atoms with Gasteiger partial charge in [0.1, 0.15) is 5.75 Å². The largest absolute Gasteiger partial charge is 0.484 e. The number of nitrogens with two attached hydrogens (primary N) is 1. The van der Waals surface area contributed by atoms with Crippen LogP contribution in [0, 0.1) is 6.92 Å². The fourth-order valence-electron chi connectivity index (χ4n) is 1.33. The van der Waals surface area contributed by atoms with Gasteiger partial charge in [-0.25, -0.2) is 0 Å². The van der Waals surface area contributed by atoms with Gasteiger partial charge in [0, 0.05) is 6.54 Å². The normalized spacial score (nSPS) is 10.0. The molecular formula is C13H20N2O2. The fourth-order valence-corrected chi connectivity index (χ4v) is 1.33. The third-order valence-electron chi connectivity index (χ3n) is 2.34. The first-order chi connectivity index (χ1) is 8.22. The highest BCUT2D eigenvalue weighted by atomic mass is 16.5. The van der Waals surface area contributed by atoms with Crippen LogP contribution < -0.4 is 15.8 Å². The smallest absolute Gasteiger partial charge is 0.257 e. The second kappa shape index (κ2) is 7.68. The minimum atomic E-state index is -0.0948. The van der Waals surface area contributed by atoms with Crippen molar-refractivity contribution >= 4 is 5.91 Å². The average Bonchev–Trinajstić information content (AvgIpc) is 2.34. The standard InChI is InChI=1S/C13H20N2O2/c1-11-4-6-12(7-5-11)17-10-13(16)15-9-3-2-8-14/h4-7H,2-3,8-10,14H2,1H3,(H,15,16). The highest BCUT2D eigenvalue weighted by molar-refractivity contribution is 5.77. The lowest BCUT2D eigenvalue weighted by atomic mass is 10.2. The Morgan fingerprint density at radius 1 is 1.29 bits per heavy atom. The van der Waals surface area contributed by atoms with E-state index in [1.165, 1.54) is 5.56 Å². The molecule has 0 aliphatic carbocycles. The summed E-state index contributed by atoms with van der Waals surface area (Å²) in [4.78, 5) is 11.4. The van der Waals surface area contributed by atoms with Gasteiger partial charge in [-0.15, -0.1) is 0 Å². The van der Waals surface area contributed by atoms with Crippen molar-refractivity contribution < 1.29 is 9.53 Å². The number of carbonyl (C=O) groups excluding carboxylic acids is 1. The Hall–Kier alpha value is -1.55. The summed E-state index contributed by atoms with van der Waals surface area (Å²) in [6, 6.07) is 7.62. The second-order valence-corrected chi connectivity index (χ2v) is 3.95. The number of hydrogen-bond donors (Lipinski definition) is 2. The fraction of sp³-hybridized carbons (Fsp3) is 0.462. The molecule has 0 aromatic heterocycles. The summed E-state index contributed by atoms with van der Waals surface area (Å²) in [6.07, 6.45) is 1.84. The van der Waals surface area contributed by atoms with E-state index >= 15 is 0 Å². The zero-order chi connectivity index (χ0) is 12.5. The molecule has 0 heterocycles. The summed E-state index contributed by atoms with van der Waals surface area (Å²) in [5, 5.41) is 2.78. The summed E-state index contributed by atoms with van der Waals surface area (Å²) in [7, 11) is 0. The van der Waals surface area contributed by atoms with Gasteiger partial charge >= 0.3 is 0 Å². The number of amides is 1. The van der Waals surface area contributed by atoms with Crippen LogP contribution in [0.4, 0.5) is 0 Å². The van der Waals surface area contributed by atoms with E-state index in [0.29, 0.717) is 18.8 Å². The van der Waals surface area contributed by atoms with E-state index in [0.717, 1.165) is 12.8 Å². The third-order valence-corrected chi connectivity index (χ3v) is 2.34. The molecule has 0 bridgehead atoms. The first-order valence-corrected chi connectivity index (χ1v) is 5.88. The molecule has 1 rings (SSSR count). The molecule has 1 aromatic carbocycles. The van der Waals surface area contributed by atoms with Crippen LogP contribution in [0.15, 0.2) is 24.3 Å². The highest BCUT2D eigenvalue weighted by Gasteiger charge is 2.01. The maximum Gasteiger partial charge on any atom is 0.257 e. The number of aryl methyl sites for hydroxylation is 1. The van der Waals surface area contributed by atoms with Gasteiger partial charge in [-0.3, -0.25) is 4.79 Å². The highest BCUT2D eigenvalue weighted by Crippen LogP contribution is 2.10. The van der Waals surface area contributed by atoms with Crippen molar-refractivity contribution in [2.75, 3.05) is 19.7 Å². The number of carbonyl (C=O) groups is 1. The molecule has 4 nitrogen and oxygen atoms in total. The summed E-state index contributed by atoms with van der Waals surface area (Å²) in [5.41, 5.74) is 6.52. The summed E-state index contributed by atoms with van der Waals surface area (Å²) in [5.74, 6) is 0.621. The van der Waals surface area contributed by atoms with Crippen LogP contribution in [0.3, 0.4) is 0 Å². The van der Waals surface area contributed by atoms with Crippen LogP contribution in [0.25, 0.3) is 0 Å². The van der Waals surface area contributed by atoms with Gasteiger partial charge in [-0.05, 0) is 38.4 Å². The lowest BCUT2D eigenvalue weighted by Gasteiger charge is -2.07. The topological polar surface area (TPSA) is 64.3 Å². The van der Waals surface area contributed by atoms with E-state index in [4.69, 9.17) is 10.5 Å². The Balaban J connectivity index is 2.17. The van der Waals surface area contributed by atoms with E-state index in [9.17, 15) is 4.79 Å². The molecule has 0 aliphatic heterocycles. The monoisotopic (exact) mass is 236 g/mol. The zero-order valence-electron chi connectivity index (χ0n) is 10.2. The van der Waals surface area contributed by atoms with Gasteiger partial charge in [0.15, 0.2) is 6.61 Å². The Kier molecular flexibility index (Phi) is 6.10. The van der Waals surface area contributed by atoms with Gasteiger partial charge in [0.25, 0.3) is 5.91 Å². The average molecular weight is 236 g/mol. The minimum absolute atomic E-state index is 0.0612. The van der Waals surface area contributed by atoms with Crippen LogP contribution >= 0.6 is 0 Å². The van der Waals surface area contributed by atoms with Gasteiger partial charge in [0.2, 0.25) is 0 Å².